The second kappa shape index (κ2) is 6.15. The summed E-state index contributed by atoms with van der Waals surface area (Å²) in [6.07, 6.45) is 0. The fourth-order valence-corrected chi connectivity index (χ4v) is 2.24. The first-order valence-corrected chi connectivity index (χ1v) is 6.88. The number of hydrogen-bond donors (Lipinski definition) is 1. The first kappa shape index (κ1) is 16.3. The standard InChI is InChI=1S/C15H9F2N3O5/c16-8-1-3-10(17)11(5-8)18-14(21)7-19-12-4-2-9(20(23)24)6-13(12)25-15(19)22/h1-6H,7H2,(H,18,21). The molecule has 0 fully saturated rings. The molecule has 2 aromatic carbocycles. The van der Waals surface area contributed by atoms with E-state index in [0.717, 1.165) is 34.9 Å². The van der Waals surface area contributed by atoms with Crippen molar-refractivity contribution in [1.82, 2.24) is 4.57 Å². The highest BCUT2D eigenvalue weighted by atomic mass is 19.1. The summed E-state index contributed by atoms with van der Waals surface area (Å²) in [7, 11) is 0. The van der Waals surface area contributed by atoms with Crippen LogP contribution in [0.2, 0.25) is 0 Å². The number of nitrogens with one attached hydrogen (secondary N) is 1. The van der Waals surface area contributed by atoms with E-state index in [1.807, 2.05) is 0 Å². The number of benzene rings is 2. The van der Waals surface area contributed by atoms with Crippen molar-refractivity contribution in [2.75, 3.05) is 5.32 Å². The summed E-state index contributed by atoms with van der Waals surface area (Å²) in [6.45, 7) is -0.542. The number of anilines is 1. The molecule has 8 nitrogen and oxygen atoms in total. The lowest BCUT2D eigenvalue weighted by Crippen LogP contribution is -2.25. The summed E-state index contributed by atoms with van der Waals surface area (Å²) in [5.74, 6) is -3.29. The Balaban J connectivity index is 1.88. The fourth-order valence-electron chi connectivity index (χ4n) is 2.24. The number of amides is 1. The number of aromatic nitrogens is 1. The highest BCUT2D eigenvalue weighted by Gasteiger charge is 2.17. The Hall–Kier alpha value is -3.56. The number of hydrogen-bond acceptors (Lipinski definition) is 5. The van der Waals surface area contributed by atoms with Crippen LogP contribution in [0, 0.1) is 21.7 Å². The Bertz CT molecular complexity index is 1060. The third kappa shape index (κ3) is 3.22. The summed E-state index contributed by atoms with van der Waals surface area (Å²) in [5.41, 5.74) is -0.560. The quantitative estimate of drug-likeness (QED) is 0.575. The molecule has 1 heterocycles. The minimum atomic E-state index is -0.912. The molecule has 128 valence electrons. The largest absolute Gasteiger partial charge is 0.420 e. The van der Waals surface area contributed by atoms with Gasteiger partial charge in [-0.25, -0.2) is 13.6 Å². The molecule has 0 saturated carbocycles. The van der Waals surface area contributed by atoms with Crippen molar-refractivity contribution in [2.45, 2.75) is 6.54 Å². The Morgan fingerprint density at radius 1 is 1.24 bits per heavy atom. The Morgan fingerprint density at radius 2 is 2.00 bits per heavy atom. The Kier molecular flexibility index (Phi) is 4.01. The van der Waals surface area contributed by atoms with E-state index in [4.69, 9.17) is 4.42 Å². The van der Waals surface area contributed by atoms with Crippen molar-refractivity contribution in [3.8, 4) is 0 Å². The van der Waals surface area contributed by atoms with Gasteiger partial charge < -0.3 is 9.73 Å². The topological polar surface area (TPSA) is 107 Å². The number of non-ortho nitro benzene ring substituents is 1. The molecule has 0 unspecified atom stereocenters. The summed E-state index contributed by atoms with van der Waals surface area (Å²) in [4.78, 5) is 33.9. The number of carbonyl (C=O) groups is 1. The third-order valence-electron chi connectivity index (χ3n) is 3.37. The lowest BCUT2D eigenvalue weighted by atomic mass is 10.3. The van der Waals surface area contributed by atoms with Crippen LogP contribution >= 0.6 is 0 Å². The van der Waals surface area contributed by atoms with E-state index in [0.29, 0.717) is 0 Å². The van der Waals surface area contributed by atoms with Gasteiger partial charge in [-0.3, -0.25) is 19.5 Å². The lowest BCUT2D eigenvalue weighted by Gasteiger charge is -2.07. The Morgan fingerprint density at radius 3 is 2.72 bits per heavy atom. The molecular weight excluding hydrogens is 340 g/mol. The predicted octanol–water partition coefficient (Wildman–Crippen LogP) is 2.42. The first-order chi connectivity index (χ1) is 11.8. The number of rotatable bonds is 4. The number of carbonyl (C=O) groups excluding carboxylic acids is 1. The molecule has 3 aromatic rings. The van der Waals surface area contributed by atoms with Crippen molar-refractivity contribution in [2.24, 2.45) is 0 Å². The molecule has 0 bridgehead atoms. The van der Waals surface area contributed by atoms with Gasteiger partial charge >= 0.3 is 5.76 Å². The first-order valence-electron chi connectivity index (χ1n) is 6.88. The molecule has 1 amide bonds. The number of halogens is 2. The number of nitro benzene ring substituents is 1. The SMILES string of the molecule is O=C(Cn1c(=O)oc2cc([N+](=O)[O-])ccc21)Nc1cc(F)ccc1F. The lowest BCUT2D eigenvalue weighted by molar-refractivity contribution is -0.384. The second-order valence-electron chi connectivity index (χ2n) is 5.04. The Labute approximate surface area is 137 Å². The van der Waals surface area contributed by atoms with Gasteiger partial charge in [0.1, 0.15) is 18.2 Å². The highest BCUT2D eigenvalue weighted by molar-refractivity contribution is 5.91. The molecule has 0 aliphatic heterocycles. The molecule has 25 heavy (non-hydrogen) atoms. The summed E-state index contributed by atoms with van der Waals surface area (Å²) >= 11 is 0. The van der Waals surface area contributed by atoms with Gasteiger partial charge in [0, 0.05) is 12.1 Å². The van der Waals surface area contributed by atoms with E-state index < -0.39 is 34.8 Å². The number of nitro groups is 1. The minimum Gasteiger partial charge on any atom is -0.407 e. The zero-order valence-corrected chi connectivity index (χ0v) is 12.4. The van der Waals surface area contributed by atoms with Crippen molar-refractivity contribution in [3.05, 3.63) is 68.7 Å². The van der Waals surface area contributed by atoms with E-state index >= 15 is 0 Å². The van der Waals surface area contributed by atoms with Crippen LogP contribution in [0.1, 0.15) is 0 Å². The number of oxazole rings is 1. The normalized spacial score (nSPS) is 10.8. The van der Waals surface area contributed by atoms with Crippen LogP contribution in [0.5, 0.6) is 0 Å². The monoisotopic (exact) mass is 349 g/mol. The number of fused-ring (bicyclic) bond motifs is 1. The van der Waals surface area contributed by atoms with Gasteiger partial charge in [-0.15, -0.1) is 0 Å². The van der Waals surface area contributed by atoms with Crippen LogP contribution in [0.3, 0.4) is 0 Å². The van der Waals surface area contributed by atoms with Gasteiger partial charge in [-0.05, 0) is 18.2 Å². The van der Waals surface area contributed by atoms with Crippen LogP contribution in [0.15, 0.2) is 45.6 Å². The van der Waals surface area contributed by atoms with Crippen LogP contribution in [0.25, 0.3) is 11.1 Å². The number of nitrogens with zero attached hydrogens (tertiary/aromatic N) is 2. The van der Waals surface area contributed by atoms with Crippen LogP contribution in [-0.4, -0.2) is 15.4 Å². The van der Waals surface area contributed by atoms with E-state index in [2.05, 4.69) is 5.32 Å². The van der Waals surface area contributed by atoms with Crippen LogP contribution < -0.4 is 11.1 Å². The smallest absolute Gasteiger partial charge is 0.407 e. The van der Waals surface area contributed by atoms with Gasteiger partial charge in [0.25, 0.3) is 5.69 Å². The van der Waals surface area contributed by atoms with Gasteiger partial charge in [-0.2, -0.15) is 0 Å². The highest BCUT2D eigenvalue weighted by Crippen LogP contribution is 2.20. The summed E-state index contributed by atoms with van der Waals surface area (Å²) in [5, 5.41) is 12.9. The molecule has 3 rings (SSSR count). The zero-order chi connectivity index (χ0) is 18.1. The summed E-state index contributed by atoms with van der Waals surface area (Å²) < 4.78 is 32.4. The minimum absolute atomic E-state index is 0.0658. The average Bonchev–Trinajstić information content (AvgIpc) is 2.86. The molecule has 0 radical (unpaired) electrons. The maximum atomic E-state index is 13.5. The molecule has 0 aliphatic rings. The van der Waals surface area contributed by atoms with Crippen LogP contribution in [-0.2, 0) is 11.3 Å². The molecule has 0 saturated heterocycles. The molecule has 10 heteroatoms. The molecule has 0 atom stereocenters. The van der Waals surface area contributed by atoms with E-state index in [-0.39, 0.29) is 22.5 Å². The fraction of sp³-hybridized carbons (Fsp3) is 0.0667. The maximum absolute atomic E-state index is 13.5. The van der Waals surface area contributed by atoms with Gasteiger partial charge in [0.2, 0.25) is 5.91 Å². The zero-order valence-electron chi connectivity index (χ0n) is 12.4. The van der Waals surface area contributed by atoms with E-state index in [1.165, 1.54) is 6.07 Å². The van der Waals surface area contributed by atoms with E-state index in [9.17, 15) is 28.5 Å². The molecule has 0 spiro atoms. The average molecular weight is 349 g/mol. The maximum Gasteiger partial charge on any atom is 0.420 e. The molecule has 0 aliphatic carbocycles. The van der Waals surface area contributed by atoms with Crippen molar-refractivity contribution >= 4 is 28.4 Å². The van der Waals surface area contributed by atoms with E-state index in [1.54, 1.807) is 0 Å². The van der Waals surface area contributed by atoms with Crippen LogP contribution in [0.4, 0.5) is 20.2 Å². The summed E-state index contributed by atoms with van der Waals surface area (Å²) in [6, 6.07) is 6.01. The second-order valence-corrected chi connectivity index (χ2v) is 5.04. The van der Waals surface area contributed by atoms with Gasteiger partial charge in [0.15, 0.2) is 5.58 Å². The molecule has 1 aromatic heterocycles. The van der Waals surface area contributed by atoms with Crippen molar-refractivity contribution in [1.29, 1.82) is 0 Å². The predicted molar refractivity (Wildman–Crippen MR) is 82.1 cm³/mol. The van der Waals surface area contributed by atoms with Gasteiger partial charge in [-0.1, -0.05) is 0 Å². The van der Waals surface area contributed by atoms with Crippen molar-refractivity contribution < 1.29 is 22.9 Å². The third-order valence-corrected chi connectivity index (χ3v) is 3.37. The molecular formula is C15H9F2N3O5. The van der Waals surface area contributed by atoms with Crippen molar-refractivity contribution in [3.63, 3.8) is 0 Å². The molecule has 1 N–H and O–H groups in total. The van der Waals surface area contributed by atoms with Gasteiger partial charge in [0.05, 0.1) is 22.2 Å².